The first-order chi connectivity index (χ1) is 16.0. The van der Waals surface area contributed by atoms with Gasteiger partial charge in [0, 0.05) is 31.1 Å². The molecule has 0 radical (unpaired) electrons. The van der Waals surface area contributed by atoms with Crippen LogP contribution >= 0.6 is 0 Å². The summed E-state index contributed by atoms with van der Waals surface area (Å²) in [6.45, 7) is 3.93. The predicted molar refractivity (Wildman–Crippen MR) is 125 cm³/mol. The van der Waals surface area contributed by atoms with E-state index in [1.54, 1.807) is 19.1 Å². The lowest BCUT2D eigenvalue weighted by atomic mass is 9.96. The van der Waals surface area contributed by atoms with E-state index in [0.717, 1.165) is 17.0 Å². The number of carbonyl (C=O) groups is 2. The average Bonchev–Trinajstić information content (AvgIpc) is 2.85. The largest absolute Gasteiger partial charge is 0.493 e. The molecule has 1 atom stereocenters. The Morgan fingerprint density at radius 3 is 2.55 bits per heavy atom. The van der Waals surface area contributed by atoms with E-state index in [1.807, 2.05) is 54.3 Å². The molecule has 1 saturated heterocycles. The summed E-state index contributed by atoms with van der Waals surface area (Å²) >= 11 is 0. The first-order valence-electron chi connectivity index (χ1n) is 11.3. The van der Waals surface area contributed by atoms with Crippen molar-refractivity contribution in [1.29, 1.82) is 0 Å². The average molecular weight is 454 g/mol. The van der Waals surface area contributed by atoms with Gasteiger partial charge in [-0.25, -0.2) is 4.79 Å². The number of amides is 3. The molecule has 0 aromatic heterocycles. The van der Waals surface area contributed by atoms with E-state index in [9.17, 15) is 9.59 Å². The van der Waals surface area contributed by atoms with Gasteiger partial charge in [0.1, 0.15) is 11.9 Å². The van der Waals surface area contributed by atoms with Crippen LogP contribution in [0.15, 0.2) is 42.5 Å². The summed E-state index contributed by atoms with van der Waals surface area (Å²) in [5.41, 5.74) is 1.66. The number of carbonyl (C=O) groups excluding carboxylic acids is 2. The number of benzene rings is 2. The van der Waals surface area contributed by atoms with Crippen molar-refractivity contribution in [2.24, 2.45) is 5.92 Å². The Morgan fingerprint density at radius 1 is 1.06 bits per heavy atom. The molecule has 0 bridgehead atoms. The molecular weight excluding hydrogens is 422 g/mol. The Hall–Kier alpha value is -3.42. The molecule has 2 aromatic rings. The number of ether oxygens (including phenoxy) is 3. The summed E-state index contributed by atoms with van der Waals surface area (Å²) in [5, 5.41) is 3.02. The van der Waals surface area contributed by atoms with Crippen LogP contribution in [0.4, 0.5) is 10.5 Å². The molecule has 2 aliphatic rings. The zero-order valence-corrected chi connectivity index (χ0v) is 19.4. The van der Waals surface area contributed by atoms with Crippen molar-refractivity contribution in [3.8, 4) is 17.2 Å². The van der Waals surface area contributed by atoms with Crippen molar-refractivity contribution in [3.63, 3.8) is 0 Å². The highest BCUT2D eigenvalue weighted by Crippen LogP contribution is 2.34. The molecule has 0 spiro atoms. The first kappa shape index (κ1) is 22.8. The molecular formula is C25H31N3O5. The van der Waals surface area contributed by atoms with Gasteiger partial charge in [-0.2, -0.15) is 0 Å². The van der Waals surface area contributed by atoms with Gasteiger partial charge in [0.15, 0.2) is 11.5 Å². The highest BCUT2D eigenvalue weighted by Gasteiger charge is 2.33. The standard InChI is InChI=1S/C25H31N3O5/c1-17-16-28(20-8-4-5-9-21(20)33-17)25(30)27-13-11-18(12-14-27)24(29)26-15-19-7-6-10-22(31-2)23(19)32-3/h4-10,17-18H,11-16H2,1-3H3,(H,26,29). The maximum absolute atomic E-state index is 13.2. The van der Waals surface area contributed by atoms with Gasteiger partial charge < -0.3 is 24.4 Å². The van der Waals surface area contributed by atoms with Gasteiger partial charge in [-0.1, -0.05) is 24.3 Å². The van der Waals surface area contributed by atoms with Crippen LogP contribution in [0.25, 0.3) is 0 Å². The molecule has 0 aliphatic carbocycles. The van der Waals surface area contributed by atoms with E-state index in [1.165, 1.54) is 0 Å². The lowest BCUT2D eigenvalue weighted by Gasteiger charge is -2.39. The summed E-state index contributed by atoms with van der Waals surface area (Å²) in [7, 11) is 3.18. The molecule has 8 nitrogen and oxygen atoms in total. The Labute approximate surface area is 194 Å². The molecule has 0 saturated carbocycles. The minimum atomic E-state index is -0.124. The number of nitrogens with one attached hydrogen (secondary N) is 1. The Balaban J connectivity index is 1.33. The maximum Gasteiger partial charge on any atom is 0.324 e. The smallest absolute Gasteiger partial charge is 0.324 e. The number of urea groups is 1. The topological polar surface area (TPSA) is 80.3 Å². The third kappa shape index (κ3) is 4.84. The second kappa shape index (κ2) is 10.0. The van der Waals surface area contributed by atoms with E-state index < -0.39 is 0 Å². The molecule has 2 aromatic carbocycles. The zero-order chi connectivity index (χ0) is 23.4. The van der Waals surface area contributed by atoms with Gasteiger partial charge in [-0.05, 0) is 38.0 Å². The third-order valence-electron chi connectivity index (χ3n) is 6.23. The number of anilines is 1. The molecule has 1 unspecified atom stereocenters. The fourth-order valence-electron chi connectivity index (χ4n) is 4.49. The van der Waals surface area contributed by atoms with Crippen LogP contribution in [-0.4, -0.2) is 56.8 Å². The highest BCUT2D eigenvalue weighted by molar-refractivity contribution is 5.94. The van der Waals surface area contributed by atoms with E-state index in [2.05, 4.69) is 5.32 Å². The summed E-state index contributed by atoms with van der Waals surface area (Å²) < 4.78 is 16.6. The zero-order valence-electron chi connectivity index (χ0n) is 19.4. The van der Waals surface area contributed by atoms with Crippen molar-refractivity contribution in [1.82, 2.24) is 10.2 Å². The van der Waals surface area contributed by atoms with Gasteiger partial charge >= 0.3 is 6.03 Å². The molecule has 1 fully saturated rings. The summed E-state index contributed by atoms with van der Waals surface area (Å²) in [6, 6.07) is 13.2. The normalized spacial score (nSPS) is 18.2. The predicted octanol–water partition coefficient (Wildman–Crippen LogP) is 3.44. The molecule has 1 N–H and O–H groups in total. The van der Waals surface area contributed by atoms with E-state index in [0.29, 0.717) is 50.5 Å². The fraction of sp³-hybridized carbons (Fsp3) is 0.440. The van der Waals surface area contributed by atoms with Gasteiger partial charge in [0.25, 0.3) is 0 Å². The lowest BCUT2D eigenvalue weighted by Crippen LogP contribution is -2.52. The molecule has 2 aliphatic heterocycles. The Kier molecular flexibility index (Phi) is 6.91. The van der Waals surface area contributed by atoms with Crippen LogP contribution in [0.1, 0.15) is 25.3 Å². The van der Waals surface area contributed by atoms with Crippen LogP contribution in [0.3, 0.4) is 0 Å². The number of rotatable bonds is 5. The van der Waals surface area contributed by atoms with Crippen molar-refractivity contribution in [2.75, 3.05) is 38.8 Å². The number of likely N-dealkylation sites (tertiary alicyclic amines) is 1. The van der Waals surface area contributed by atoms with Crippen molar-refractivity contribution < 1.29 is 23.8 Å². The summed E-state index contributed by atoms with van der Waals surface area (Å²) in [5.74, 6) is 1.86. The summed E-state index contributed by atoms with van der Waals surface area (Å²) in [6.07, 6.45) is 1.20. The number of piperidine rings is 1. The molecule has 2 heterocycles. The Bertz CT molecular complexity index is 1000. The van der Waals surface area contributed by atoms with Crippen LogP contribution in [0.2, 0.25) is 0 Å². The Morgan fingerprint density at radius 2 is 1.82 bits per heavy atom. The number of methoxy groups -OCH3 is 2. The lowest BCUT2D eigenvalue weighted by molar-refractivity contribution is -0.126. The monoisotopic (exact) mass is 453 g/mol. The van der Waals surface area contributed by atoms with E-state index in [-0.39, 0.29) is 24.0 Å². The maximum atomic E-state index is 13.2. The molecule has 176 valence electrons. The van der Waals surface area contributed by atoms with Gasteiger partial charge in [-0.15, -0.1) is 0 Å². The minimum absolute atomic E-state index is 0.00249. The number of para-hydroxylation sites is 3. The minimum Gasteiger partial charge on any atom is -0.493 e. The van der Waals surface area contributed by atoms with Crippen LogP contribution in [0, 0.1) is 5.92 Å². The SMILES string of the molecule is COc1cccc(CNC(=O)C2CCN(C(=O)N3CC(C)Oc4ccccc43)CC2)c1OC. The number of hydrogen-bond acceptors (Lipinski definition) is 5. The fourth-order valence-corrected chi connectivity index (χ4v) is 4.49. The van der Waals surface area contributed by atoms with Crippen molar-refractivity contribution in [3.05, 3.63) is 48.0 Å². The van der Waals surface area contributed by atoms with Crippen molar-refractivity contribution in [2.45, 2.75) is 32.4 Å². The first-order valence-corrected chi connectivity index (χ1v) is 11.3. The second-order valence-electron chi connectivity index (χ2n) is 8.42. The van der Waals surface area contributed by atoms with Crippen LogP contribution < -0.4 is 24.4 Å². The van der Waals surface area contributed by atoms with E-state index >= 15 is 0 Å². The van der Waals surface area contributed by atoms with E-state index in [4.69, 9.17) is 14.2 Å². The van der Waals surface area contributed by atoms with Crippen LogP contribution in [-0.2, 0) is 11.3 Å². The van der Waals surface area contributed by atoms with Gasteiger partial charge in [0.05, 0.1) is 26.5 Å². The highest BCUT2D eigenvalue weighted by atomic mass is 16.5. The molecule has 33 heavy (non-hydrogen) atoms. The van der Waals surface area contributed by atoms with Crippen LogP contribution in [0.5, 0.6) is 17.2 Å². The molecule has 3 amide bonds. The number of nitrogens with zero attached hydrogens (tertiary/aromatic N) is 2. The molecule has 8 heteroatoms. The molecule has 4 rings (SSSR count). The number of fused-ring (bicyclic) bond motifs is 1. The summed E-state index contributed by atoms with van der Waals surface area (Å²) in [4.78, 5) is 29.7. The van der Waals surface area contributed by atoms with Gasteiger partial charge in [0.2, 0.25) is 5.91 Å². The number of hydrogen-bond donors (Lipinski definition) is 1. The van der Waals surface area contributed by atoms with Crippen molar-refractivity contribution >= 4 is 17.6 Å². The quantitative estimate of drug-likeness (QED) is 0.750. The third-order valence-corrected chi connectivity index (χ3v) is 6.23. The van der Waals surface area contributed by atoms with Gasteiger partial charge in [-0.3, -0.25) is 9.69 Å². The second-order valence-corrected chi connectivity index (χ2v) is 8.42.